The van der Waals surface area contributed by atoms with E-state index < -0.39 is 0 Å². The highest BCUT2D eigenvalue weighted by molar-refractivity contribution is 7.17. The molecule has 0 aliphatic carbocycles. The van der Waals surface area contributed by atoms with E-state index in [0.717, 1.165) is 5.92 Å². The van der Waals surface area contributed by atoms with Crippen LogP contribution in [-0.2, 0) is 9.09 Å². The van der Waals surface area contributed by atoms with Crippen LogP contribution in [0.15, 0.2) is 0 Å². The molecule has 0 radical (unpaired) electrons. The minimum absolute atomic E-state index is 0.220. The van der Waals surface area contributed by atoms with Crippen LogP contribution < -0.4 is 0 Å². The van der Waals surface area contributed by atoms with Gasteiger partial charge in [0.15, 0.2) is 0 Å². The van der Waals surface area contributed by atoms with Crippen LogP contribution in [0.4, 0.5) is 0 Å². The third-order valence-electron chi connectivity index (χ3n) is 1.05. The maximum atomic E-state index is 9.28. The molecule has 0 aliphatic heterocycles. The number of hydrogen-bond acceptors (Lipinski definition) is 2. The molecular weight excluding hydrogens is 159 g/mol. The Morgan fingerprint density at radius 3 is 1.91 bits per heavy atom. The Morgan fingerprint density at radius 2 is 1.91 bits per heavy atom. The van der Waals surface area contributed by atoms with Crippen LogP contribution in [-0.4, -0.2) is 6.61 Å². The molecule has 0 atom stereocenters. The summed E-state index contributed by atoms with van der Waals surface area (Å²) in [5.41, 5.74) is 0. The first-order valence-electron chi connectivity index (χ1n) is 4.13. The van der Waals surface area contributed by atoms with Gasteiger partial charge in [0.25, 0.3) is 0 Å². The highest BCUT2D eigenvalue weighted by Gasteiger charge is 1.85. The summed E-state index contributed by atoms with van der Waals surface area (Å²) in [5, 5.41) is 0. The molecule has 0 aromatic carbocycles. The quantitative estimate of drug-likeness (QED) is 0.614. The van der Waals surface area contributed by atoms with Gasteiger partial charge < -0.3 is 0 Å². The summed E-state index contributed by atoms with van der Waals surface area (Å²) in [6, 6.07) is 0. The van der Waals surface area contributed by atoms with E-state index in [1.165, 1.54) is 12.8 Å². The molecule has 0 rings (SSSR count). The lowest BCUT2D eigenvalue weighted by Gasteiger charge is -1.95. The number of rotatable bonds is 4. The maximum Gasteiger partial charge on any atom is 0.327 e. The summed E-state index contributed by atoms with van der Waals surface area (Å²) in [6.45, 7) is 9.03. The first kappa shape index (κ1) is 13.6. The molecule has 0 fully saturated rings. The van der Waals surface area contributed by atoms with Crippen LogP contribution in [0.1, 0.15) is 40.5 Å². The molecule has 3 heteroatoms. The Balaban J connectivity index is 0. The third kappa shape index (κ3) is 25.5. The Morgan fingerprint density at radius 1 is 1.36 bits per heavy atom. The van der Waals surface area contributed by atoms with E-state index in [-0.39, 0.29) is 8.69 Å². The molecule has 0 amide bonds. The first-order valence-corrected chi connectivity index (χ1v) is 4.86. The van der Waals surface area contributed by atoms with Crippen LogP contribution in [0.2, 0.25) is 0 Å². The van der Waals surface area contributed by atoms with Gasteiger partial charge in [0.1, 0.15) is 0 Å². The van der Waals surface area contributed by atoms with Crippen LogP contribution in [0, 0.1) is 5.92 Å². The molecular formula is C8H19O2P. The minimum Gasteiger partial charge on any atom is -0.295 e. The predicted molar refractivity (Wildman–Crippen MR) is 49.0 cm³/mol. The van der Waals surface area contributed by atoms with Crippen LogP contribution in [0.25, 0.3) is 0 Å². The summed E-state index contributed by atoms with van der Waals surface area (Å²) in [4.78, 5) is 0. The zero-order chi connectivity index (χ0) is 9.11. The van der Waals surface area contributed by atoms with Gasteiger partial charge in [-0.05, 0) is 12.8 Å². The van der Waals surface area contributed by atoms with E-state index >= 15 is 0 Å². The Hall–Kier alpha value is 0.0600. The van der Waals surface area contributed by atoms with E-state index in [4.69, 9.17) is 0 Å². The topological polar surface area (TPSA) is 26.3 Å². The Bertz CT molecular complexity index is 74.5. The molecule has 0 heterocycles. The predicted octanol–water partition coefficient (Wildman–Crippen LogP) is 3.67. The average molecular weight is 178 g/mol. The lowest BCUT2D eigenvalue weighted by molar-refractivity contribution is 0.365. The van der Waals surface area contributed by atoms with Crippen molar-refractivity contribution >= 4 is 8.69 Å². The minimum atomic E-state index is -0.220. The fourth-order valence-corrected chi connectivity index (χ4v) is 0.735. The molecule has 0 N–H and O–H groups in total. The highest BCUT2D eigenvalue weighted by atomic mass is 31.1. The van der Waals surface area contributed by atoms with Crippen molar-refractivity contribution in [3.63, 3.8) is 0 Å². The SMILES string of the molecule is CCCC(C)C.CCOP=O. The summed E-state index contributed by atoms with van der Waals surface area (Å²) >= 11 is 0. The monoisotopic (exact) mass is 178 g/mol. The fraction of sp³-hybridized carbons (Fsp3) is 1.00. The maximum absolute atomic E-state index is 9.28. The van der Waals surface area contributed by atoms with E-state index in [2.05, 4.69) is 25.3 Å². The summed E-state index contributed by atoms with van der Waals surface area (Å²) in [5.74, 6) is 0.898. The van der Waals surface area contributed by atoms with E-state index in [1.54, 1.807) is 6.92 Å². The van der Waals surface area contributed by atoms with Crippen molar-refractivity contribution in [1.82, 2.24) is 0 Å². The molecule has 0 saturated carbocycles. The zero-order valence-electron chi connectivity index (χ0n) is 7.96. The smallest absolute Gasteiger partial charge is 0.295 e. The van der Waals surface area contributed by atoms with Gasteiger partial charge in [-0.25, -0.2) is 4.57 Å². The van der Waals surface area contributed by atoms with Crippen molar-refractivity contribution in [2.75, 3.05) is 6.61 Å². The van der Waals surface area contributed by atoms with Gasteiger partial charge in [-0.1, -0.05) is 33.6 Å². The molecule has 0 aromatic heterocycles. The fourth-order valence-electron chi connectivity index (χ4n) is 0.630. The van der Waals surface area contributed by atoms with Gasteiger partial charge >= 0.3 is 8.69 Å². The number of hydrogen-bond donors (Lipinski definition) is 0. The summed E-state index contributed by atoms with van der Waals surface area (Å²) in [7, 11) is -0.220. The molecule has 0 aromatic rings. The van der Waals surface area contributed by atoms with E-state index in [0.29, 0.717) is 6.61 Å². The normalized spacial score (nSPS) is 9.55. The molecule has 0 bridgehead atoms. The third-order valence-corrected chi connectivity index (χ3v) is 1.41. The second kappa shape index (κ2) is 12.7. The van der Waals surface area contributed by atoms with Crippen molar-refractivity contribution in [3.8, 4) is 0 Å². The van der Waals surface area contributed by atoms with Crippen molar-refractivity contribution in [3.05, 3.63) is 0 Å². The van der Waals surface area contributed by atoms with Crippen molar-refractivity contribution in [2.24, 2.45) is 5.92 Å². The van der Waals surface area contributed by atoms with Gasteiger partial charge in [0.2, 0.25) is 0 Å². The molecule has 0 saturated heterocycles. The standard InChI is InChI=1S/C6H14.C2H5O2P/c1-4-5-6(2)3;1-2-4-5-3/h6H,4-5H2,1-3H3;2H2,1H3. The molecule has 0 spiro atoms. The lowest BCUT2D eigenvalue weighted by atomic mass is 10.1. The van der Waals surface area contributed by atoms with Gasteiger partial charge in [0, 0.05) is 0 Å². The van der Waals surface area contributed by atoms with Crippen molar-refractivity contribution in [1.29, 1.82) is 0 Å². The van der Waals surface area contributed by atoms with Gasteiger partial charge in [-0.3, -0.25) is 4.52 Å². The highest BCUT2D eigenvalue weighted by Crippen LogP contribution is 2.00. The summed E-state index contributed by atoms with van der Waals surface area (Å²) < 4.78 is 13.5. The largest absolute Gasteiger partial charge is 0.327 e. The van der Waals surface area contributed by atoms with Crippen molar-refractivity contribution < 1.29 is 9.09 Å². The average Bonchev–Trinajstić information content (AvgIpc) is 1.90. The first-order chi connectivity index (χ1) is 5.18. The van der Waals surface area contributed by atoms with Gasteiger partial charge in [-0.15, -0.1) is 0 Å². The van der Waals surface area contributed by atoms with Gasteiger partial charge in [0.05, 0.1) is 6.61 Å². The molecule has 0 unspecified atom stereocenters. The van der Waals surface area contributed by atoms with E-state index in [9.17, 15) is 4.57 Å². The second-order valence-corrected chi connectivity index (χ2v) is 3.08. The molecule has 68 valence electrons. The van der Waals surface area contributed by atoms with E-state index in [1.807, 2.05) is 0 Å². The molecule has 11 heavy (non-hydrogen) atoms. The second-order valence-electron chi connectivity index (χ2n) is 2.67. The Labute approximate surface area is 71.6 Å². The van der Waals surface area contributed by atoms with Crippen LogP contribution in [0.5, 0.6) is 0 Å². The Kier molecular flexibility index (Phi) is 15.8. The van der Waals surface area contributed by atoms with Crippen LogP contribution >= 0.6 is 8.69 Å². The van der Waals surface area contributed by atoms with Gasteiger partial charge in [-0.2, -0.15) is 0 Å². The molecule has 0 aliphatic rings. The summed E-state index contributed by atoms with van der Waals surface area (Å²) in [6.07, 6.45) is 2.71. The lowest BCUT2D eigenvalue weighted by Crippen LogP contribution is -1.81. The zero-order valence-corrected chi connectivity index (χ0v) is 8.86. The van der Waals surface area contributed by atoms with Crippen LogP contribution in [0.3, 0.4) is 0 Å². The van der Waals surface area contributed by atoms with Crippen molar-refractivity contribution in [2.45, 2.75) is 40.5 Å². The molecule has 2 nitrogen and oxygen atoms in total.